The maximum absolute atomic E-state index is 11.6. The van der Waals surface area contributed by atoms with Crippen LogP contribution in [0.15, 0.2) is 24.3 Å². The maximum Gasteiger partial charge on any atom is 0.277 e. The molecular weight excluding hydrogens is 276 g/mol. The predicted molar refractivity (Wildman–Crippen MR) is 79.2 cm³/mol. The minimum Gasteiger partial charge on any atom is -0.395 e. The van der Waals surface area contributed by atoms with Gasteiger partial charge in [0.2, 0.25) is 0 Å². The zero-order valence-electron chi connectivity index (χ0n) is 11.7. The monoisotopic (exact) mass is 296 g/mol. The molecule has 0 radical (unpaired) electrons. The van der Waals surface area contributed by atoms with Crippen LogP contribution in [-0.4, -0.2) is 26.7 Å². The van der Waals surface area contributed by atoms with Gasteiger partial charge in [-0.15, -0.1) is 0 Å². The van der Waals surface area contributed by atoms with E-state index in [0.717, 1.165) is 11.1 Å². The van der Waals surface area contributed by atoms with Gasteiger partial charge < -0.3 is 5.11 Å². The topological polar surface area (TPSA) is 78.4 Å². The molecule has 0 saturated heterocycles. The van der Waals surface area contributed by atoms with Crippen molar-refractivity contribution in [3.63, 3.8) is 0 Å². The maximum atomic E-state index is 11.6. The number of aliphatic hydroxyl groups is 1. The van der Waals surface area contributed by atoms with E-state index in [4.69, 9.17) is 5.11 Å². The average molecular weight is 296 g/mol. The lowest BCUT2D eigenvalue weighted by Gasteiger charge is -2.14. The number of hydrogen-bond donors (Lipinski definition) is 3. The summed E-state index contributed by atoms with van der Waals surface area (Å²) in [6.45, 7) is 3.87. The van der Waals surface area contributed by atoms with Crippen molar-refractivity contribution in [1.82, 2.24) is 9.44 Å². The number of hydrogen-bond acceptors (Lipinski definition) is 3. The first-order valence-electron chi connectivity index (χ1n) is 6.45. The van der Waals surface area contributed by atoms with Crippen LogP contribution in [0.25, 0.3) is 0 Å². The summed E-state index contributed by atoms with van der Waals surface area (Å²) in [5.74, 6) is 5.76. The minimum atomic E-state index is -3.48. The molecule has 1 aromatic rings. The molecular formula is C14H20N2O3S. The van der Waals surface area contributed by atoms with E-state index >= 15 is 0 Å². The van der Waals surface area contributed by atoms with Crippen LogP contribution in [0.5, 0.6) is 0 Å². The summed E-state index contributed by atoms with van der Waals surface area (Å²) in [5, 5.41) is 8.68. The fourth-order valence-electron chi connectivity index (χ4n) is 1.64. The Bertz CT molecular complexity index is 588. The Morgan fingerprint density at radius 1 is 1.40 bits per heavy atom. The zero-order chi connectivity index (χ0) is 15.0. The van der Waals surface area contributed by atoms with Crippen molar-refractivity contribution in [2.75, 3.05) is 13.2 Å². The van der Waals surface area contributed by atoms with Crippen molar-refractivity contribution in [2.24, 2.45) is 0 Å². The summed E-state index contributed by atoms with van der Waals surface area (Å²) >= 11 is 0. The van der Waals surface area contributed by atoms with Gasteiger partial charge in [0, 0.05) is 24.6 Å². The summed E-state index contributed by atoms with van der Waals surface area (Å²) < 4.78 is 28.2. The molecule has 0 fully saturated rings. The first-order chi connectivity index (χ1) is 9.48. The molecule has 110 valence electrons. The van der Waals surface area contributed by atoms with E-state index in [1.54, 1.807) is 13.8 Å². The molecule has 0 heterocycles. The average Bonchev–Trinajstić information content (AvgIpc) is 2.38. The molecule has 20 heavy (non-hydrogen) atoms. The van der Waals surface area contributed by atoms with Gasteiger partial charge in [-0.25, -0.2) is 4.72 Å². The van der Waals surface area contributed by atoms with E-state index in [2.05, 4.69) is 21.3 Å². The second kappa shape index (κ2) is 8.02. The highest BCUT2D eigenvalue weighted by molar-refractivity contribution is 7.87. The second-order valence-corrected chi connectivity index (χ2v) is 5.77. The Morgan fingerprint density at radius 3 is 2.80 bits per heavy atom. The molecule has 6 heteroatoms. The standard InChI is InChI=1S/C14H20N2O3S/c1-3-15-20(18,19)16-12(2)14-9-6-8-13(11-14)7-4-5-10-17/h6,8-9,11-12,15-17H,3,5,10H2,1-2H3. The fraction of sp³-hybridized carbons (Fsp3) is 0.429. The summed E-state index contributed by atoms with van der Waals surface area (Å²) in [7, 11) is -3.48. The fourth-order valence-corrected chi connectivity index (χ4v) is 2.70. The Morgan fingerprint density at radius 2 is 2.15 bits per heavy atom. The highest BCUT2D eigenvalue weighted by Gasteiger charge is 2.14. The molecule has 0 aliphatic rings. The first-order valence-corrected chi connectivity index (χ1v) is 7.93. The van der Waals surface area contributed by atoms with Gasteiger partial charge in [-0.1, -0.05) is 30.9 Å². The largest absolute Gasteiger partial charge is 0.395 e. The molecule has 0 spiro atoms. The number of benzene rings is 1. The Hall–Kier alpha value is -1.39. The summed E-state index contributed by atoms with van der Waals surface area (Å²) in [4.78, 5) is 0. The van der Waals surface area contributed by atoms with Gasteiger partial charge in [-0.05, 0) is 24.6 Å². The van der Waals surface area contributed by atoms with Gasteiger partial charge >= 0.3 is 0 Å². The lowest BCUT2D eigenvalue weighted by atomic mass is 10.1. The van der Waals surface area contributed by atoms with Gasteiger partial charge in [0.25, 0.3) is 10.2 Å². The van der Waals surface area contributed by atoms with E-state index < -0.39 is 10.2 Å². The van der Waals surface area contributed by atoms with Crippen LogP contribution in [0, 0.1) is 11.8 Å². The molecule has 0 aliphatic heterocycles. The summed E-state index contributed by atoms with van der Waals surface area (Å²) in [5.41, 5.74) is 1.63. The predicted octanol–water partition coefficient (Wildman–Crippen LogP) is 0.925. The molecule has 0 bridgehead atoms. The molecule has 0 saturated carbocycles. The second-order valence-electron chi connectivity index (χ2n) is 4.24. The van der Waals surface area contributed by atoms with Gasteiger partial charge in [0.1, 0.15) is 0 Å². The molecule has 5 nitrogen and oxygen atoms in total. The molecule has 3 N–H and O–H groups in total. The van der Waals surface area contributed by atoms with Crippen molar-refractivity contribution in [1.29, 1.82) is 0 Å². The van der Waals surface area contributed by atoms with E-state index in [1.807, 2.05) is 24.3 Å². The molecule has 0 aliphatic carbocycles. The van der Waals surface area contributed by atoms with E-state index in [1.165, 1.54) is 0 Å². The Labute approximate surface area is 120 Å². The third kappa shape index (κ3) is 5.72. The van der Waals surface area contributed by atoms with Crippen LogP contribution in [0.4, 0.5) is 0 Å². The highest BCUT2D eigenvalue weighted by Crippen LogP contribution is 2.14. The van der Waals surface area contributed by atoms with Crippen molar-refractivity contribution < 1.29 is 13.5 Å². The molecule has 1 unspecified atom stereocenters. The van der Waals surface area contributed by atoms with Crippen molar-refractivity contribution in [3.8, 4) is 11.8 Å². The SMILES string of the molecule is CCNS(=O)(=O)NC(C)c1cccc(C#CCCO)c1. The lowest BCUT2D eigenvalue weighted by Crippen LogP contribution is -2.37. The highest BCUT2D eigenvalue weighted by atomic mass is 32.2. The number of rotatable bonds is 6. The molecule has 1 atom stereocenters. The van der Waals surface area contributed by atoms with Crippen LogP contribution in [0.3, 0.4) is 0 Å². The molecule has 0 aromatic heterocycles. The third-order valence-electron chi connectivity index (χ3n) is 2.52. The van der Waals surface area contributed by atoms with Gasteiger partial charge in [-0.2, -0.15) is 13.1 Å². The van der Waals surface area contributed by atoms with Crippen LogP contribution in [0.1, 0.15) is 37.4 Å². The first kappa shape index (κ1) is 16.7. The third-order valence-corrected chi connectivity index (χ3v) is 3.86. The van der Waals surface area contributed by atoms with Crippen molar-refractivity contribution in [2.45, 2.75) is 26.3 Å². The smallest absolute Gasteiger partial charge is 0.277 e. The van der Waals surface area contributed by atoms with E-state index in [0.29, 0.717) is 13.0 Å². The van der Waals surface area contributed by atoms with E-state index in [-0.39, 0.29) is 12.6 Å². The zero-order valence-corrected chi connectivity index (χ0v) is 12.5. The normalized spacial score (nSPS) is 12.6. The van der Waals surface area contributed by atoms with Crippen molar-refractivity contribution >= 4 is 10.2 Å². The number of aliphatic hydroxyl groups excluding tert-OH is 1. The molecule has 1 aromatic carbocycles. The summed E-state index contributed by atoms with van der Waals surface area (Å²) in [6.07, 6.45) is 0.423. The van der Waals surface area contributed by atoms with Crippen LogP contribution in [-0.2, 0) is 10.2 Å². The molecule has 0 amide bonds. The quantitative estimate of drug-likeness (QED) is 0.683. The summed E-state index contributed by atoms with van der Waals surface area (Å²) in [6, 6.07) is 7.01. The van der Waals surface area contributed by atoms with Gasteiger partial charge in [-0.3, -0.25) is 0 Å². The Balaban J connectivity index is 2.82. The van der Waals surface area contributed by atoms with Crippen molar-refractivity contribution in [3.05, 3.63) is 35.4 Å². The van der Waals surface area contributed by atoms with Crippen LogP contribution >= 0.6 is 0 Å². The van der Waals surface area contributed by atoms with Crippen LogP contribution < -0.4 is 9.44 Å². The van der Waals surface area contributed by atoms with Crippen LogP contribution in [0.2, 0.25) is 0 Å². The van der Waals surface area contributed by atoms with Gasteiger partial charge in [0.15, 0.2) is 0 Å². The van der Waals surface area contributed by atoms with E-state index in [9.17, 15) is 8.42 Å². The Kier molecular flexibility index (Phi) is 6.68. The molecule has 1 rings (SSSR count). The lowest BCUT2D eigenvalue weighted by molar-refractivity contribution is 0.305. The van der Waals surface area contributed by atoms with Gasteiger partial charge in [0.05, 0.1) is 6.61 Å². The number of nitrogens with one attached hydrogen (secondary N) is 2. The minimum absolute atomic E-state index is 0.0333.